The van der Waals surface area contributed by atoms with Gasteiger partial charge in [0, 0.05) is 16.2 Å². The van der Waals surface area contributed by atoms with Crippen molar-refractivity contribution in [2.24, 2.45) is 4.99 Å². The molecule has 0 spiro atoms. The molecule has 0 bridgehead atoms. The van der Waals surface area contributed by atoms with Crippen LogP contribution in [0.4, 0.5) is 18.9 Å². The van der Waals surface area contributed by atoms with Gasteiger partial charge in [-0.2, -0.15) is 24.1 Å². The standard InChI is InChI=1S/C22H18F3NOS/c1-27-19-9-4-16(5-10-19)17-6-11-20-21(12-17)28(14-26-20)13-15-2-7-18(8-3-15)22(23,24)25/h2-12,14,28H,13H2,1H3. The minimum atomic E-state index is -4.31. The maximum Gasteiger partial charge on any atom is 0.416 e. The molecule has 3 aromatic rings. The average molecular weight is 401 g/mol. The predicted molar refractivity (Wildman–Crippen MR) is 109 cm³/mol. The molecule has 0 saturated carbocycles. The summed E-state index contributed by atoms with van der Waals surface area (Å²) < 4.78 is 43.5. The van der Waals surface area contributed by atoms with Crippen LogP contribution < -0.4 is 4.74 Å². The Kier molecular flexibility index (Phi) is 4.89. The zero-order valence-corrected chi connectivity index (χ0v) is 16.0. The van der Waals surface area contributed by atoms with Gasteiger partial charge in [0.1, 0.15) is 5.75 Å². The van der Waals surface area contributed by atoms with Crippen molar-refractivity contribution >= 4 is 22.1 Å². The van der Waals surface area contributed by atoms with Crippen molar-refractivity contribution in [2.75, 3.05) is 7.11 Å². The number of alkyl halides is 3. The van der Waals surface area contributed by atoms with E-state index in [1.807, 2.05) is 41.9 Å². The summed E-state index contributed by atoms with van der Waals surface area (Å²) in [4.78, 5) is 5.66. The fraction of sp³-hybridized carbons (Fsp3) is 0.136. The van der Waals surface area contributed by atoms with E-state index in [0.29, 0.717) is 5.75 Å². The molecule has 28 heavy (non-hydrogen) atoms. The summed E-state index contributed by atoms with van der Waals surface area (Å²) in [5.41, 5.74) is 5.32. The molecule has 0 aromatic heterocycles. The molecule has 0 aliphatic carbocycles. The van der Waals surface area contributed by atoms with Gasteiger partial charge >= 0.3 is 6.18 Å². The van der Waals surface area contributed by atoms with E-state index in [1.54, 1.807) is 19.2 Å². The van der Waals surface area contributed by atoms with Gasteiger partial charge in [0.2, 0.25) is 0 Å². The number of ether oxygens (including phenoxy) is 1. The van der Waals surface area contributed by atoms with E-state index in [9.17, 15) is 13.2 Å². The van der Waals surface area contributed by atoms with Crippen LogP contribution in [0.2, 0.25) is 0 Å². The summed E-state index contributed by atoms with van der Waals surface area (Å²) in [6, 6.07) is 19.4. The number of nitrogens with zero attached hydrogens (tertiary/aromatic N) is 1. The highest BCUT2D eigenvalue weighted by atomic mass is 32.2. The molecule has 0 saturated heterocycles. The topological polar surface area (TPSA) is 21.6 Å². The van der Waals surface area contributed by atoms with Crippen molar-refractivity contribution in [3.63, 3.8) is 0 Å². The van der Waals surface area contributed by atoms with Gasteiger partial charge in [-0.15, -0.1) is 0 Å². The van der Waals surface area contributed by atoms with Crippen LogP contribution in [-0.2, 0) is 11.9 Å². The van der Waals surface area contributed by atoms with Crippen molar-refractivity contribution in [1.82, 2.24) is 0 Å². The molecule has 2 nitrogen and oxygen atoms in total. The molecule has 3 aromatic carbocycles. The molecule has 0 N–H and O–H groups in total. The SMILES string of the molecule is COc1ccc(-c2ccc3c(c2)[SH](Cc2ccc(C(F)(F)F)cc2)C=N3)cc1. The fourth-order valence-electron chi connectivity index (χ4n) is 3.14. The zero-order chi connectivity index (χ0) is 19.7. The molecule has 0 amide bonds. The Morgan fingerprint density at radius 1 is 0.893 bits per heavy atom. The summed E-state index contributed by atoms with van der Waals surface area (Å²) in [5.74, 6) is 1.48. The number of halogens is 3. The zero-order valence-electron chi connectivity index (χ0n) is 15.1. The number of hydrogen-bond donors (Lipinski definition) is 1. The van der Waals surface area contributed by atoms with Crippen LogP contribution >= 0.6 is 10.9 Å². The third-order valence-corrected chi connectivity index (χ3v) is 6.76. The maximum absolute atomic E-state index is 12.7. The van der Waals surface area contributed by atoms with E-state index < -0.39 is 22.6 Å². The van der Waals surface area contributed by atoms with Gasteiger partial charge in [-0.3, -0.25) is 4.99 Å². The van der Waals surface area contributed by atoms with Crippen LogP contribution in [0.15, 0.2) is 76.6 Å². The molecule has 1 atom stereocenters. The monoisotopic (exact) mass is 401 g/mol. The first-order valence-electron chi connectivity index (χ1n) is 8.69. The Morgan fingerprint density at radius 3 is 2.21 bits per heavy atom. The molecular weight excluding hydrogens is 383 g/mol. The highest BCUT2D eigenvalue weighted by molar-refractivity contribution is 8.28. The smallest absolute Gasteiger partial charge is 0.416 e. The van der Waals surface area contributed by atoms with Gasteiger partial charge in [0.25, 0.3) is 0 Å². The Bertz CT molecular complexity index is 1010. The molecule has 4 rings (SSSR count). The Hall–Kier alpha value is -2.73. The first-order valence-corrected chi connectivity index (χ1v) is 10.3. The Balaban J connectivity index is 1.57. The molecule has 1 unspecified atom stereocenters. The minimum absolute atomic E-state index is 0.619. The summed E-state index contributed by atoms with van der Waals surface area (Å²) in [7, 11) is 0.947. The molecule has 6 heteroatoms. The van der Waals surface area contributed by atoms with Gasteiger partial charge in [0.15, 0.2) is 0 Å². The Morgan fingerprint density at radius 2 is 1.57 bits per heavy atom. The largest absolute Gasteiger partial charge is 0.497 e. The lowest BCUT2D eigenvalue weighted by Crippen LogP contribution is -2.04. The highest BCUT2D eigenvalue weighted by Gasteiger charge is 2.30. The lowest BCUT2D eigenvalue weighted by molar-refractivity contribution is -0.137. The average Bonchev–Trinajstić information content (AvgIpc) is 3.10. The second-order valence-electron chi connectivity index (χ2n) is 6.50. The third kappa shape index (κ3) is 3.78. The minimum Gasteiger partial charge on any atom is -0.497 e. The van der Waals surface area contributed by atoms with E-state index in [1.165, 1.54) is 0 Å². The maximum atomic E-state index is 12.7. The second kappa shape index (κ2) is 7.36. The summed E-state index contributed by atoms with van der Waals surface area (Å²) in [5, 5.41) is 0. The van der Waals surface area contributed by atoms with Gasteiger partial charge in [-0.1, -0.05) is 30.3 Å². The van der Waals surface area contributed by atoms with Gasteiger partial charge in [0.05, 0.1) is 18.4 Å². The number of fused-ring (bicyclic) bond motifs is 1. The van der Waals surface area contributed by atoms with Crippen LogP contribution in [0.5, 0.6) is 5.75 Å². The second-order valence-corrected chi connectivity index (χ2v) is 8.47. The van der Waals surface area contributed by atoms with Crippen molar-refractivity contribution in [3.8, 4) is 16.9 Å². The lowest BCUT2D eigenvalue weighted by Gasteiger charge is -2.16. The number of benzene rings is 3. The molecule has 0 radical (unpaired) electrons. The molecule has 1 aliphatic heterocycles. The van der Waals surface area contributed by atoms with E-state index in [4.69, 9.17) is 4.74 Å². The van der Waals surface area contributed by atoms with Crippen molar-refractivity contribution in [1.29, 1.82) is 0 Å². The van der Waals surface area contributed by atoms with Crippen molar-refractivity contribution < 1.29 is 17.9 Å². The lowest BCUT2D eigenvalue weighted by atomic mass is 10.1. The molecular formula is C22H18F3NOS. The van der Waals surface area contributed by atoms with E-state index in [0.717, 1.165) is 45.2 Å². The van der Waals surface area contributed by atoms with Crippen LogP contribution in [0.25, 0.3) is 11.1 Å². The summed E-state index contributed by atoms with van der Waals surface area (Å²) in [6.45, 7) is 0. The van der Waals surface area contributed by atoms with E-state index in [-0.39, 0.29) is 0 Å². The number of thiol groups is 1. The number of rotatable bonds is 4. The highest BCUT2D eigenvalue weighted by Crippen LogP contribution is 2.49. The third-order valence-electron chi connectivity index (χ3n) is 4.68. The first-order chi connectivity index (χ1) is 13.4. The first kappa shape index (κ1) is 18.6. The summed E-state index contributed by atoms with van der Waals surface area (Å²) >= 11 is 0. The van der Waals surface area contributed by atoms with Gasteiger partial charge in [-0.05, 0) is 53.1 Å². The normalized spacial score (nSPS) is 16.8. The Labute approximate surface area is 164 Å². The molecule has 144 valence electrons. The number of aliphatic imine (C=N–C) groups is 1. The quantitative estimate of drug-likeness (QED) is 0.488. The number of methoxy groups -OCH3 is 1. The van der Waals surface area contributed by atoms with Crippen LogP contribution in [0.1, 0.15) is 11.1 Å². The fourth-order valence-corrected chi connectivity index (χ4v) is 5.12. The molecule has 1 heterocycles. The van der Waals surface area contributed by atoms with Gasteiger partial charge < -0.3 is 4.74 Å². The summed E-state index contributed by atoms with van der Waals surface area (Å²) in [6.07, 6.45) is -4.31. The van der Waals surface area contributed by atoms with Crippen LogP contribution in [0.3, 0.4) is 0 Å². The van der Waals surface area contributed by atoms with Crippen LogP contribution in [-0.4, -0.2) is 12.7 Å². The van der Waals surface area contributed by atoms with Crippen molar-refractivity contribution in [3.05, 3.63) is 77.9 Å². The van der Waals surface area contributed by atoms with E-state index >= 15 is 0 Å². The predicted octanol–water partition coefficient (Wildman–Crippen LogP) is 6.61. The van der Waals surface area contributed by atoms with Gasteiger partial charge in [-0.25, -0.2) is 0 Å². The number of hydrogen-bond acceptors (Lipinski definition) is 2. The van der Waals surface area contributed by atoms with E-state index in [2.05, 4.69) is 11.1 Å². The van der Waals surface area contributed by atoms with Crippen molar-refractivity contribution in [2.45, 2.75) is 16.8 Å². The molecule has 0 fully saturated rings. The van der Waals surface area contributed by atoms with Crippen LogP contribution in [0, 0.1) is 0 Å². The molecule has 1 aliphatic rings.